The standard InChI is InChI=1S/C12H15BrN2O/c1-12(2,7-16)5-8-6-14-9-3-4-10(13)15-11(8)9/h3-4,6,14,16H,5,7H2,1-2H3. The Kier molecular flexibility index (Phi) is 3.04. The number of aliphatic hydroxyl groups is 1. The second kappa shape index (κ2) is 4.18. The molecule has 2 N–H and O–H groups in total. The number of aromatic amines is 1. The van der Waals surface area contributed by atoms with Crippen molar-refractivity contribution >= 4 is 27.0 Å². The van der Waals surface area contributed by atoms with E-state index in [1.54, 1.807) is 0 Å². The Labute approximate surface area is 103 Å². The quantitative estimate of drug-likeness (QED) is 0.851. The van der Waals surface area contributed by atoms with E-state index in [9.17, 15) is 5.11 Å². The summed E-state index contributed by atoms with van der Waals surface area (Å²) in [7, 11) is 0. The summed E-state index contributed by atoms with van der Waals surface area (Å²) in [4.78, 5) is 7.65. The van der Waals surface area contributed by atoms with Crippen LogP contribution in [0, 0.1) is 5.41 Å². The lowest BCUT2D eigenvalue weighted by Crippen LogP contribution is -2.19. The molecule has 0 bridgehead atoms. The summed E-state index contributed by atoms with van der Waals surface area (Å²) in [5.74, 6) is 0. The van der Waals surface area contributed by atoms with Gasteiger partial charge in [-0.3, -0.25) is 0 Å². The van der Waals surface area contributed by atoms with Gasteiger partial charge in [-0.25, -0.2) is 4.98 Å². The molecule has 0 saturated heterocycles. The molecular weight excluding hydrogens is 268 g/mol. The van der Waals surface area contributed by atoms with E-state index in [2.05, 4.69) is 25.9 Å². The van der Waals surface area contributed by atoms with Gasteiger partial charge in [-0.15, -0.1) is 0 Å². The second-order valence-corrected chi connectivity index (χ2v) is 5.66. The van der Waals surface area contributed by atoms with E-state index in [1.807, 2.05) is 32.2 Å². The van der Waals surface area contributed by atoms with Crippen LogP contribution in [-0.4, -0.2) is 21.7 Å². The maximum Gasteiger partial charge on any atom is 0.106 e. The largest absolute Gasteiger partial charge is 0.396 e. The van der Waals surface area contributed by atoms with Gasteiger partial charge in [0, 0.05) is 12.8 Å². The monoisotopic (exact) mass is 282 g/mol. The van der Waals surface area contributed by atoms with Crippen LogP contribution in [-0.2, 0) is 6.42 Å². The van der Waals surface area contributed by atoms with Crippen molar-refractivity contribution in [3.63, 3.8) is 0 Å². The second-order valence-electron chi connectivity index (χ2n) is 4.84. The Bertz CT molecular complexity index is 505. The van der Waals surface area contributed by atoms with Crippen LogP contribution in [0.5, 0.6) is 0 Å². The molecule has 2 aromatic rings. The van der Waals surface area contributed by atoms with Crippen LogP contribution in [0.2, 0.25) is 0 Å². The van der Waals surface area contributed by atoms with Gasteiger partial charge in [-0.05, 0) is 45.5 Å². The molecule has 0 amide bonds. The van der Waals surface area contributed by atoms with Crippen LogP contribution in [0.1, 0.15) is 19.4 Å². The molecule has 0 spiro atoms. The molecular formula is C12H15BrN2O. The molecule has 0 aliphatic rings. The van der Waals surface area contributed by atoms with Gasteiger partial charge in [0.05, 0.1) is 11.0 Å². The predicted molar refractivity (Wildman–Crippen MR) is 68.4 cm³/mol. The van der Waals surface area contributed by atoms with Crippen molar-refractivity contribution in [1.82, 2.24) is 9.97 Å². The van der Waals surface area contributed by atoms with E-state index in [1.165, 1.54) is 0 Å². The number of rotatable bonds is 3. The number of fused-ring (bicyclic) bond motifs is 1. The number of aliphatic hydroxyl groups excluding tert-OH is 1. The van der Waals surface area contributed by atoms with Crippen molar-refractivity contribution in [2.75, 3.05) is 6.61 Å². The van der Waals surface area contributed by atoms with Gasteiger partial charge in [-0.1, -0.05) is 13.8 Å². The van der Waals surface area contributed by atoms with Crippen molar-refractivity contribution in [1.29, 1.82) is 0 Å². The normalized spacial score (nSPS) is 12.2. The smallest absolute Gasteiger partial charge is 0.106 e. The van der Waals surface area contributed by atoms with Gasteiger partial charge >= 0.3 is 0 Å². The minimum absolute atomic E-state index is 0.112. The fourth-order valence-corrected chi connectivity index (χ4v) is 2.05. The van der Waals surface area contributed by atoms with E-state index in [4.69, 9.17) is 0 Å². The van der Waals surface area contributed by atoms with Crippen molar-refractivity contribution in [3.05, 3.63) is 28.5 Å². The highest BCUT2D eigenvalue weighted by molar-refractivity contribution is 9.10. The van der Waals surface area contributed by atoms with Crippen LogP contribution < -0.4 is 0 Å². The highest BCUT2D eigenvalue weighted by atomic mass is 79.9. The minimum Gasteiger partial charge on any atom is -0.396 e. The lowest BCUT2D eigenvalue weighted by Gasteiger charge is -2.20. The van der Waals surface area contributed by atoms with Gasteiger partial charge in [0.25, 0.3) is 0 Å². The van der Waals surface area contributed by atoms with E-state index in [0.29, 0.717) is 0 Å². The van der Waals surface area contributed by atoms with Gasteiger partial charge in [0.15, 0.2) is 0 Å². The Morgan fingerprint density at radius 2 is 2.19 bits per heavy atom. The van der Waals surface area contributed by atoms with E-state index in [-0.39, 0.29) is 12.0 Å². The number of nitrogens with zero attached hydrogens (tertiary/aromatic N) is 1. The molecule has 0 aliphatic carbocycles. The SMILES string of the molecule is CC(C)(CO)Cc1c[nH]c2ccc(Br)nc12. The first-order chi connectivity index (χ1) is 7.52. The first-order valence-corrected chi connectivity index (χ1v) is 6.04. The third-order valence-corrected chi connectivity index (χ3v) is 3.11. The van der Waals surface area contributed by atoms with Crippen LogP contribution in [0.25, 0.3) is 11.0 Å². The zero-order valence-corrected chi connectivity index (χ0v) is 11.0. The molecule has 86 valence electrons. The Morgan fingerprint density at radius 1 is 1.44 bits per heavy atom. The molecule has 2 rings (SSSR count). The van der Waals surface area contributed by atoms with Gasteiger partial charge < -0.3 is 10.1 Å². The average Bonchev–Trinajstić information content (AvgIpc) is 2.61. The number of nitrogens with one attached hydrogen (secondary N) is 1. The van der Waals surface area contributed by atoms with E-state index in [0.717, 1.165) is 27.6 Å². The summed E-state index contributed by atoms with van der Waals surface area (Å²) < 4.78 is 0.836. The summed E-state index contributed by atoms with van der Waals surface area (Å²) in [6, 6.07) is 3.92. The summed E-state index contributed by atoms with van der Waals surface area (Å²) in [6.07, 6.45) is 2.79. The van der Waals surface area contributed by atoms with Crippen molar-refractivity contribution in [2.45, 2.75) is 20.3 Å². The highest BCUT2D eigenvalue weighted by Gasteiger charge is 2.19. The number of halogens is 1. The molecule has 0 unspecified atom stereocenters. The third-order valence-electron chi connectivity index (χ3n) is 2.66. The van der Waals surface area contributed by atoms with Crippen LogP contribution >= 0.6 is 15.9 Å². The summed E-state index contributed by atoms with van der Waals surface area (Å²) in [5.41, 5.74) is 3.05. The molecule has 0 aromatic carbocycles. The summed E-state index contributed by atoms with van der Waals surface area (Å²) in [6.45, 7) is 4.27. The maximum absolute atomic E-state index is 9.28. The Morgan fingerprint density at radius 3 is 2.88 bits per heavy atom. The first kappa shape index (κ1) is 11.6. The van der Waals surface area contributed by atoms with E-state index >= 15 is 0 Å². The number of H-pyrrole nitrogens is 1. The molecule has 0 saturated carbocycles. The molecule has 0 aliphatic heterocycles. The number of pyridine rings is 1. The van der Waals surface area contributed by atoms with E-state index < -0.39 is 0 Å². The summed E-state index contributed by atoms with van der Waals surface area (Å²) in [5, 5.41) is 9.28. The molecule has 0 radical (unpaired) electrons. The fourth-order valence-electron chi connectivity index (χ4n) is 1.74. The molecule has 0 atom stereocenters. The molecule has 3 nitrogen and oxygen atoms in total. The van der Waals surface area contributed by atoms with Crippen molar-refractivity contribution < 1.29 is 5.11 Å². The lowest BCUT2D eigenvalue weighted by atomic mass is 9.87. The maximum atomic E-state index is 9.28. The lowest BCUT2D eigenvalue weighted by molar-refractivity contribution is 0.160. The first-order valence-electron chi connectivity index (χ1n) is 5.25. The molecule has 2 aromatic heterocycles. The molecule has 2 heterocycles. The minimum atomic E-state index is -0.112. The topological polar surface area (TPSA) is 48.9 Å². The predicted octanol–water partition coefficient (Wildman–Crippen LogP) is 2.89. The number of hydrogen-bond acceptors (Lipinski definition) is 2. The number of hydrogen-bond donors (Lipinski definition) is 2. The fraction of sp³-hybridized carbons (Fsp3) is 0.417. The van der Waals surface area contributed by atoms with Crippen LogP contribution in [0.3, 0.4) is 0 Å². The van der Waals surface area contributed by atoms with Crippen LogP contribution in [0.4, 0.5) is 0 Å². The average molecular weight is 283 g/mol. The Hall–Kier alpha value is -0.870. The molecule has 4 heteroatoms. The van der Waals surface area contributed by atoms with Gasteiger partial charge in [0.2, 0.25) is 0 Å². The zero-order valence-electron chi connectivity index (χ0n) is 9.42. The van der Waals surface area contributed by atoms with Gasteiger partial charge in [0.1, 0.15) is 4.60 Å². The van der Waals surface area contributed by atoms with Gasteiger partial charge in [-0.2, -0.15) is 0 Å². The number of aromatic nitrogens is 2. The summed E-state index contributed by atoms with van der Waals surface area (Å²) >= 11 is 3.37. The zero-order chi connectivity index (χ0) is 11.8. The molecule has 16 heavy (non-hydrogen) atoms. The third kappa shape index (κ3) is 2.28. The van der Waals surface area contributed by atoms with Crippen LogP contribution in [0.15, 0.2) is 22.9 Å². The Balaban J connectivity index is 2.41. The van der Waals surface area contributed by atoms with Crippen molar-refractivity contribution in [3.8, 4) is 0 Å². The highest BCUT2D eigenvalue weighted by Crippen LogP contribution is 2.26. The molecule has 0 fully saturated rings. The van der Waals surface area contributed by atoms with Crippen molar-refractivity contribution in [2.24, 2.45) is 5.41 Å².